The van der Waals surface area contributed by atoms with Crippen molar-refractivity contribution >= 4 is 0 Å². The van der Waals surface area contributed by atoms with Crippen LogP contribution in [0.15, 0.2) is 18.5 Å². The first kappa shape index (κ1) is 8.99. The molecule has 1 atom stereocenters. The molecule has 0 aromatic carbocycles. The zero-order valence-corrected chi connectivity index (χ0v) is 8.41. The van der Waals surface area contributed by atoms with Gasteiger partial charge in [0.15, 0.2) is 0 Å². The summed E-state index contributed by atoms with van der Waals surface area (Å²) in [5, 5.41) is 13.9. The van der Waals surface area contributed by atoms with Gasteiger partial charge < -0.3 is 0 Å². The van der Waals surface area contributed by atoms with Crippen molar-refractivity contribution in [1.29, 1.82) is 0 Å². The highest BCUT2D eigenvalue weighted by atomic mass is 15.1. The number of nitrogens with zero attached hydrogens (tertiary/aromatic N) is 2. The molecule has 2 heterocycles. The van der Waals surface area contributed by atoms with Gasteiger partial charge in [0.25, 0.3) is 0 Å². The predicted molar refractivity (Wildman–Crippen MR) is 54.0 cm³/mol. The van der Waals surface area contributed by atoms with Gasteiger partial charge in [0.05, 0.1) is 11.9 Å². The summed E-state index contributed by atoms with van der Waals surface area (Å²) in [5.41, 5.74) is 3.45. The van der Waals surface area contributed by atoms with Crippen LogP contribution in [-0.4, -0.2) is 20.4 Å². The number of H-pyrrole nitrogens is 2. The van der Waals surface area contributed by atoms with Crippen LogP contribution in [0.3, 0.4) is 0 Å². The van der Waals surface area contributed by atoms with Crippen LogP contribution in [-0.2, 0) is 6.42 Å². The second kappa shape index (κ2) is 3.65. The SMILES string of the molecule is Cc1cc(CC(C)c2cn[nH]c2)[nH]n1. The van der Waals surface area contributed by atoms with Crippen LogP contribution in [0.25, 0.3) is 0 Å². The topological polar surface area (TPSA) is 57.4 Å². The van der Waals surface area contributed by atoms with Gasteiger partial charge in [-0.2, -0.15) is 10.2 Å². The van der Waals surface area contributed by atoms with E-state index in [1.807, 2.05) is 19.3 Å². The molecule has 2 rings (SSSR count). The number of aromatic nitrogens is 4. The average Bonchev–Trinajstić information content (AvgIpc) is 2.75. The van der Waals surface area contributed by atoms with Crippen LogP contribution >= 0.6 is 0 Å². The number of aromatic amines is 2. The Kier molecular flexibility index (Phi) is 2.35. The molecular formula is C10H14N4. The molecule has 0 bridgehead atoms. The predicted octanol–water partition coefficient (Wildman–Crippen LogP) is 1.79. The lowest BCUT2D eigenvalue weighted by Gasteiger charge is -2.05. The van der Waals surface area contributed by atoms with Crippen LogP contribution in [0, 0.1) is 6.92 Å². The van der Waals surface area contributed by atoms with Crippen LogP contribution in [0.4, 0.5) is 0 Å². The summed E-state index contributed by atoms with van der Waals surface area (Å²) >= 11 is 0. The fraction of sp³-hybridized carbons (Fsp3) is 0.400. The van der Waals surface area contributed by atoms with E-state index >= 15 is 0 Å². The third-order valence-electron chi connectivity index (χ3n) is 2.37. The summed E-state index contributed by atoms with van der Waals surface area (Å²) in [7, 11) is 0. The Morgan fingerprint density at radius 1 is 1.50 bits per heavy atom. The van der Waals surface area contributed by atoms with E-state index in [9.17, 15) is 0 Å². The largest absolute Gasteiger partial charge is 0.285 e. The average molecular weight is 190 g/mol. The van der Waals surface area contributed by atoms with Crippen LogP contribution in [0.2, 0.25) is 0 Å². The lowest BCUT2D eigenvalue weighted by molar-refractivity contribution is 0.737. The molecule has 0 aliphatic rings. The third-order valence-corrected chi connectivity index (χ3v) is 2.37. The first-order valence-corrected chi connectivity index (χ1v) is 4.75. The maximum absolute atomic E-state index is 4.10. The highest BCUT2D eigenvalue weighted by molar-refractivity contribution is 5.15. The monoisotopic (exact) mass is 190 g/mol. The summed E-state index contributed by atoms with van der Waals surface area (Å²) in [6.07, 6.45) is 4.78. The molecule has 74 valence electrons. The minimum absolute atomic E-state index is 0.466. The Morgan fingerprint density at radius 3 is 2.93 bits per heavy atom. The number of hydrogen-bond acceptors (Lipinski definition) is 2. The fourth-order valence-electron chi connectivity index (χ4n) is 1.56. The zero-order chi connectivity index (χ0) is 9.97. The van der Waals surface area contributed by atoms with E-state index in [1.54, 1.807) is 0 Å². The van der Waals surface area contributed by atoms with E-state index in [2.05, 4.69) is 33.4 Å². The molecule has 0 saturated carbocycles. The van der Waals surface area contributed by atoms with Crippen molar-refractivity contribution < 1.29 is 0 Å². The standard InChI is InChI=1S/C10H14N4/c1-7(9-5-11-12-6-9)3-10-4-8(2)13-14-10/h4-7H,3H2,1-2H3,(H,11,12)(H,13,14). The molecule has 0 aliphatic heterocycles. The molecule has 0 saturated heterocycles. The first-order valence-electron chi connectivity index (χ1n) is 4.75. The van der Waals surface area contributed by atoms with Gasteiger partial charge in [-0.1, -0.05) is 6.92 Å². The normalized spacial score (nSPS) is 13.0. The molecule has 4 nitrogen and oxygen atoms in total. The van der Waals surface area contributed by atoms with E-state index < -0.39 is 0 Å². The van der Waals surface area contributed by atoms with E-state index in [0.29, 0.717) is 5.92 Å². The highest BCUT2D eigenvalue weighted by Crippen LogP contribution is 2.17. The van der Waals surface area contributed by atoms with Gasteiger partial charge in [-0.3, -0.25) is 10.2 Å². The maximum Gasteiger partial charge on any atom is 0.0594 e. The Balaban J connectivity index is 2.05. The van der Waals surface area contributed by atoms with Gasteiger partial charge in [0, 0.05) is 11.9 Å². The molecule has 2 aromatic rings. The quantitative estimate of drug-likeness (QED) is 0.775. The lowest BCUT2D eigenvalue weighted by Crippen LogP contribution is -1.97. The third kappa shape index (κ3) is 1.84. The lowest BCUT2D eigenvalue weighted by atomic mass is 9.99. The van der Waals surface area contributed by atoms with Gasteiger partial charge in [-0.05, 0) is 30.9 Å². The summed E-state index contributed by atoms with van der Waals surface area (Å²) < 4.78 is 0. The molecule has 4 heteroatoms. The highest BCUT2D eigenvalue weighted by Gasteiger charge is 2.08. The van der Waals surface area contributed by atoms with Crippen LogP contribution < -0.4 is 0 Å². The van der Waals surface area contributed by atoms with Crippen LogP contribution in [0.1, 0.15) is 29.8 Å². The van der Waals surface area contributed by atoms with E-state index in [1.165, 1.54) is 11.3 Å². The summed E-state index contributed by atoms with van der Waals surface area (Å²) in [6, 6.07) is 2.08. The molecule has 1 unspecified atom stereocenters. The van der Waals surface area contributed by atoms with Crippen molar-refractivity contribution in [2.75, 3.05) is 0 Å². The minimum Gasteiger partial charge on any atom is -0.285 e. The molecule has 0 amide bonds. The fourth-order valence-corrected chi connectivity index (χ4v) is 1.56. The molecule has 0 radical (unpaired) electrons. The molecular weight excluding hydrogens is 176 g/mol. The molecule has 0 spiro atoms. The molecule has 0 fully saturated rings. The minimum atomic E-state index is 0.466. The van der Waals surface area contributed by atoms with E-state index in [0.717, 1.165) is 12.1 Å². The first-order chi connectivity index (χ1) is 6.75. The van der Waals surface area contributed by atoms with Crippen molar-refractivity contribution in [3.63, 3.8) is 0 Å². The number of aryl methyl sites for hydroxylation is 1. The summed E-state index contributed by atoms with van der Waals surface area (Å²) in [6.45, 7) is 4.17. The van der Waals surface area contributed by atoms with Crippen molar-refractivity contribution in [3.8, 4) is 0 Å². The molecule has 2 aromatic heterocycles. The van der Waals surface area contributed by atoms with E-state index in [4.69, 9.17) is 0 Å². The Morgan fingerprint density at radius 2 is 2.36 bits per heavy atom. The van der Waals surface area contributed by atoms with Crippen molar-refractivity contribution in [2.24, 2.45) is 0 Å². The van der Waals surface area contributed by atoms with Gasteiger partial charge in [-0.25, -0.2) is 0 Å². The summed E-state index contributed by atoms with van der Waals surface area (Å²) in [5.74, 6) is 0.466. The number of rotatable bonds is 3. The Bertz CT molecular complexity index is 388. The smallest absolute Gasteiger partial charge is 0.0594 e. The van der Waals surface area contributed by atoms with Gasteiger partial charge in [-0.15, -0.1) is 0 Å². The molecule has 0 aliphatic carbocycles. The van der Waals surface area contributed by atoms with Gasteiger partial charge in [0.1, 0.15) is 0 Å². The number of hydrogen-bond donors (Lipinski definition) is 2. The second-order valence-corrected chi connectivity index (χ2v) is 3.67. The Hall–Kier alpha value is -1.58. The maximum atomic E-state index is 4.10. The van der Waals surface area contributed by atoms with Crippen molar-refractivity contribution in [3.05, 3.63) is 35.4 Å². The number of nitrogens with one attached hydrogen (secondary N) is 2. The van der Waals surface area contributed by atoms with Gasteiger partial charge >= 0.3 is 0 Å². The second-order valence-electron chi connectivity index (χ2n) is 3.67. The zero-order valence-electron chi connectivity index (χ0n) is 8.41. The van der Waals surface area contributed by atoms with Crippen LogP contribution in [0.5, 0.6) is 0 Å². The Labute approximate surface area is 82.7 Å². The van der Waals surface area contributed by atoms with Gasteiger partial charge in [0.2, 0.25) is 0 Å². The van der Waals surface area contributed by atoms with Crippen molar-refractivity contribution in [2.45, 2.75) is 26.2 Å². The van der Waals surface area contributed by atoms with Crippen molar-refractivity contribution in [1.82, 2.24) is 20.4 Å². The van der Waals surface area contributed by atoms with E-state index in [-0.39, 0.29) is 0 Å². The molecule has 14 heavy (non-hydrogen) atoms. The molecule has 2 N–H and O–H groups in total. The summed E-state index contributed by atoms with van der Waals surface area (Å²) in [4.78, 5) is 0.